The first-order valence-corrected chi connectivity index (χ1v) is 15.1. The lowest BCUT2D eigenvalue weighted by Gasteiger charge is -2.35. The lowest BCUT2D eigenvalue weighted by molar-refractivity contribution is -0.141. The van der Waals surface area contributed by atoms with Crippen molar-refractivity contribution in [2.45, 2.75) is 71.0 Å². The van der Waals surface area contributed by atoms with Gasteiger partial charge >= 0.3 is 0 Å². The zero-order valence-corrected chi connectivity index (χ0v) is 25.8. The SMILES string of the molecule is CCC(C(=O)NC(C)(C)C)N(Cc1ccc(OC)cc1)C(=O)CN(c1ccc(C)c(C)c1)S(=O)(=O)c1ccccc1. The van der Waals surface area contributed by atoms with E-state index in [1.807, 2.05) is 59.7 Å². The number of nitrogens with one attached hydrogen (secondary N) is 1. The number of ether oxygens (including phenoxy) is 1. The summed E-state index contributed by atoms with van der Waals surface area (Å²) in [6, 6.07) is 19.8. The highest BCUT2D eigenvalue weighted by Gasteiger charge is 2.34. The third kappa shape index (κ3) is 8.10. The quantitative estimate of drug-likeness (QED) is 0.336. The molecule has 1 unspecified atom stereocenters. The number of benzene rings is 3. The lowest BCUT2D eigenvalue weighted by Crippen LogP contribution is -2.55. The van der Waals surface area contributed by atoms with Gasteiger partial charge in [0, 0.05) is 12.1 Å². The number of carbonyl (C=O) groups is 2. The van der Waals surface area contributed by atoms with Gasteiger partial charge in [0.1, 0.15) is 18.3 Å². The minimum absolute atomic E-state index is 0.0743. The molecule has 0 saturated heterocycles. The molecule has 1 N–H and O–H groups in total. The number of hydrogen-bond donors (Lipinski definition) is 1. The molecule has 0 aliphatic rings. The van der Waals surface area contributed by atoms with E-state index in [9.17, 15) is 18.0 Å². The average molecular weight is 580 g/mol. The third-order valence-corrected chi connectivity index (χ3v) is 8.57. The average Bonchev–Trinajstić information content (AvgIpc) is 2.92. The molecule has 0 fully saturated rings. The number of rotatable bonds is 11. The number of sulfonamides is 1. The summed E-state index contributed by atoms with van der Waals surface area (Å²) in [6.07, 6.45) is 0.346. The molecule has 0 bridgehead atoms. The van der Waals surface area contributed by atoms with Gasteiger partial charge in [0.25, 0.3) is 10.0 Å². The largest absolute Gasteiger partial charge is 0.497 e. The molecule has 3 rings (SSSR count). The fourth-order valence-corrected chi connectivity index (χ4v) is 5.86. The molecular weight excluding hydrogens is 538 g/mol. The molecule has 0 aliphatic heterocycles. The molecule has 0 heterocycles. The van der Waals surface area contributed by atoms with Crippen LogP contribution in [0.15, 0.2) is 77.7 Å². The Morgan fingerprint density at radius 3 is 2.10 bits per heavy atom. The molecule has 9 heteroatoms. The van der Waals surface area contributed by atoms with Crippen LogP contribution in [-0.4, -0.2) is 50.4 Å². The first kappa shape index (κ1) is 31.7. The summed E-state index contributed by atoms with van der Waals surface area (Å²) in [4.78, 5) is 29.1. The van der Waals surface area contributed by atoms with Crippen molar-refractivity contribution in [1.82, 2.24) is 10.2 Å². The van der Waals surface area contributed by atoms with Gasteiger partial charge in [0.15, 0.2) is 0 Å². The van der Waals surface area contributed by atoms with Gasteiger partial charge in [0.05, 0.1) is 17.7 Å². The predicted molar refractivity (Wildman–Crippen MR) is 162 cm³/mol. The fraction of sp³-hybridized carbons (Fsp3) is 0.375. The number of hydrogen-bond acceptors (Lipinski definition) is 5. The van der Waals surface area contributed by atoms with Gasteiger partial charge in [-0.2, -0.15) is 0 Å². The Hall–Kier alpha value is -3.85. The van der Waals surface area contributed by atoms with Crippen molar-refractivity contribution in [2.75, 3.05) is 18.0 Å². The second-order valence-corrected chi connectivity index (χ2v) is 13.0. The molecule has 2 amide bonds. The van der Waals surface area contributed by atoms with E-state index in [0.29, 0.717) is 17.9 Å². The van der Waals surface area contributed by atoms with E-state index in [4.69, 9.17) is 4.74 Å². The summed E-state index contributed by atoms with van der Waals surface area (Å²) in [6.45, 7) is 10.9. The van der Waals surface area contributed by atoms with Crippen LogP contribution in [0.4, 0.5) is 5.69 Å². The Kier molecular flexibility index (Phi) is 10.2. The van der Waals surface area contributed by atoms with Crippen molar-refractivity contribution < 1.29 is 22.7 Å². The highest BCUT2D eigenvalue weighted by molar-refractivity contribution is 7.92. The smallest absolute Gasteiger partial charge is 0.264 e. The molecule has 3 aromatic carbocycles. The van der Waals surface area contributed by atoms with E-state index in [0.717, 1.165) is 21.0 Å². The molecule has 1 atom stereocenters. The van der Waals surface area contributed by atoms with E-state index in [2.05, 4.69) is 5.32 Å². The summed E-state index contributed by atoms with van der Waals surface area (Å²) >= 11 is 0. The summed E-state index contributed by atoms with van der Waals surface area (Å²) in [5.74, 6) is -0.126. The van der Waals surface area contributed by atoms with Gasteiger partial charge in [-0.15, -0.1) is 0 Å². The molecule has 41 heavy (non-hydrogen) atoms. The topological polar surface area (TPSA) is 96.0 Å². The standard InChI is InChI=1S/C32H41N3O5S/c1-8-29(31(37)33-32(4,5)6)34(21-25-15-18-27(40-7)19-16-25)30(36)22-35(26-17-14-23(2)24(3)20-26)41(38,39)28-12-10-9-11-13-28/h9-20,29H,8,21-22H2,1-7H3,(H,33,37). The van der Waals surface area contributed by atoms with Crippen molar-refractivity contribution in [3.63, 3.8) is 0 Å². The van der Waals surface area contributed by atoms with Gasteiger partial charge in [0.2, 0.25) is 11.8 Å². The molecule has 0 saturated carbocycles. The van der Waals surface area contributed by atoms with Gasteiger partial charge in [-0.3, -0.25) is 13.9 Å². The van der Waals surface area contributed by atoms with Crippen LogP contribution < -0.4 is 14.4 Å². The Bertz CT molecular complexity index is 1450. The van der Waals surface area contributed by atoms with Crippen molar-refractivity contribution >= 4 is 27.5 Å². The number of anilines is 1. The number of methoxy groups -OCH3 is 1. The summed E-state index contributed by atoms with van der Waals surface area (Å²) in [7, 11) is -2.53. The summed E-state index contributed by atoms with van der Waals surface area (Å²) in [5.41, 5.74) is 2.55. The maximum absolute atomic E-state index is 14.2. The number of nitrogens with zero attached hydrogens (tertiary/aromatic N) is 2. The van der Waals surface area contributed by atoms with Crippen molar-refractivity contribution in [3.8, 4) is 5.75 Å². The monoisotopic (exact) mass is 579 g/mol. The number of amides is 2. The molecule has 0 radical (unpaired) electrons. The van der Waals surface area contributed by atoms with E-state index < -0.39 is 34.1 Å². The van der Waals surface area contributed by atoms with Crippen LogP contribution in [-0.2, 0) is 26.2 Å². The maximum Gasteiger partial charge on any atom is 0.264 e. The van der Waals surface area contributed by atoms with Crippen LogP contribution in [0.25, 0.3) is 0 Å². The van der Waals surface area contributed by atoms with Crippen LogP contribution in [0.1, 0.15) is 50.8 Å². The van der Waals surface area contributed by atoms with E-state index >= 15 is 0 Å². The minimum Gasteiger partial charge on any atom is -0.497 e. The van der Waals surface area contributed by atoms with Gasteiger partial charge in [-0.05, 0) is 94.1 Å². The zero-order valence-electron chi connectivity index (χ0n) is 25.0. The minimum atomic E-state index is -4.11. The lowest BCUT2D eigenvalue weighted by atomic mass is 10.1. The van der Waals surface area contributed by atoms with E-state index in [1.165, 1.54) is 17.0 Å². The summed E-state index contributed by atoms with van der Waals surface area (Å²) in [5, 5.41) is 2.98. The van der Waals surface area contributed by atoms with Gasteiger partial charge in [-0.25, -0.2) is 8.42 Å². The van der Waals surface area contributed by atoms with Crippen molar-refractivity contribution in [2.24, 2.45) is 0 Å². The molecule has 0 aliphatic carbocycles. The fourth-order valence-electron chi connectivity index (χ4n) is 4.43. The van der Waals surface area contributed by atoms with Crippen LogP contribution in [0.5, 0.6) is 5.75 Å². The van der Waals surface area contributed by atoms with Gasteiger partial charge in [-0.1, -0.05) is 43.3 Å². The highest BCUT2D eigenvalue weighted by atomic mass is 32.2. The molecule has 0 aromatic heterocycles. The van der Waals surface area contributed by atoms with Crippen LogP contribution >= 0.6 is 0 Å². The van der Waals surface area contributed by atoms with Crippen molar-refractivity contribution in [1.29, 1.82) is 0 Å². The first-order chi connectivity index (χ1) is 19.3. The Labute approximate surface area is 244 Å². The van der Waals surface area contributed by atoms with Crippen LogP contribution in [0.2, 0.25) is 0 Å². The normalized spacial score (nSPS) is 12.4. The number of carbonyl (C=O) groups excluding carboxylic acids is 2. The maximum atomic E-state index is 14.2. The first-order valence-electron chi connectivity index (χ1n) is 13.7. The molecule has 8 nitrogen and oxygen atoms in total. The van der Waals surface area contributed by atoms with E-state index in [1.54, 1.807) is 49.6 Å². The zero-order chi connectivity index (χ0) is 30.4. The van der Waals surface area contributed by atoms with E-state index in [-0.39, 0.29) is 17.3 Å². The molecule has 3 aromatic rings. The predicted octanol–water partition coefficient (Wildman–Crippen LogP) is 5.23. The van der Waals surface area contributed by atoms with Crippen LogP contribution in [0, 0.1) is 13.8 Å². The molecular formula is C32H41N3O5S. The third-order valence-electron chi connectivity index (χ3n) is 6.78. The Balaban J connectivity index is 2.08. The Morgan fingerprint density at radius 2 is 1.56 bits per heavy atom. The molecule has 220 valence electrons. The highest BCUT2D eigenvalue weighted by Crippen LogP contribution is 2.27. The second-order valence-electron chi connectivity index (χ2n) is 11.1. The Morgan fingerprint density at radius 1 is 0.927 bits per heavy atom. The summed E-state index contributed by atoms with van der Waals surface area (Å²) < 4.78 is 34.3. The van der Waals surface area contributed by atoms with Gasteiger partial charge < -0.3 is 15.0 Å². The van der Waals surface area contributed by atoms with Crippen LogP contribution in [0.3, 0.4) is 0 Å². The van der Waals surface area contributed by atoms with Crippen molar-refractivity contribution in [3.05, 3.63) is 89.5 Å². The number of aryl methyl sites for hydroxylation is 2. The molecule has 0 spiro atoms. The second kappa shape index (κ2) is 13.2.